The number of hydrogen-bond donors (Lipinski definition) is 3. The van der Waals surface area contributed by atoms with Gasteiger partial charge in [0.25, 0.3) is 0 Å². The van der Waals surface area contributed by atoms with E-state index in [-0.39, 0.29) is 5.82 Å². The average Bonchev–Trinajstić information content (AvgIpc) is 2.65. The van der Waals surface area contributed by atoms with Gasteiger partial charge in [0.15, 0.2) is 5.82 Å². The number of nitrogen functional groups attached to an aromatic ring is 1. The third-order valence-electron chi connectivity index (χ3n) is 2.56. The summed E-state index contributed by atoms with van der Waals surface area (Å²) in [5.74, 6) is 0.307. The summed E-state index contributed by atoms with van der Waals surface area (Å²) in [6, 6.07) is 6.48. The van der Waals surface area contributed by atoms with E-state index in [1.165, 1.54) is 6.07 Å². The molecular weight excluding hydrogens is 239 g/mol. The van der Waals surface area contributed by atoms with Crippen molar-refractivity contribution in [1.29, 1.82) is 0 Å². The van der Waals surface area contributed by atoms with E-state index >= 15 is 0 Å². The van der Waals surface area contributed by atoms with Gasteiger partial charge in [-0.25, -0.2) is 4.39 Å². The Morgan fingerprint density at radius 2 is 2.29 bits per heavy atom. The Kier molecular flexibility index (Phi) is 3.23. The highest BCUT2D eigenvalue weighted by Crippen LogP contribution is 2.18. The summed E-state index contributed by atoms with van der Waals surface area (Å²) in [5.41, 5.74) is 7.53. The molecular formula is C11H13FN4S. The Morgan fingerprint density at radius 3 is 2.88 bits per heavy atom. The van der Waals surface area contributed by atoms with Crippen LogP contribution in [0.3, 0.4) is 0 Å². The Bertz CT molecular complexity index is 518. The molecule has 0 amide bonds. The van der Waals surface area contributed by atoms with E-state index < -0.39 is 0 Å². The fourth-order valence-electron chi connectivity index (χ4n) is 1.62. The molecule has 17 heavy (non-hydrogen) atoms. The molecule has 0 unspecified atom stereocenters. The van der Waals surface area contributed by atoms with Crippen LogP contribution in [0.1, 0.15) is 11.3 Å². The van der Waals surface area contributed by atoms with E-state index in [2.05, 4.69) is 22.6 Å². The number of nitrogens with two attached hydrogens (primary N) is 1. The van der Waals surface area contributed by atoms with E-state index in [0.29, 0.717) is 23.6 Å². The predicted octanol–water partition coefficient (Wildman–Crippen LogP) is 2.22. The van der Waals surface area contributed by atoms with Crippen molar-refractivity contribution in [3.05, 3.63) is 41.3 Å². The van der Waals surface area contributed by atoms with Gasteiger partial charge in [-0.05, 0) is 19.1 Å². The largest absolute Gasteiger partial charge is 0.398 e. The molecule has 0 saturated carbocycles. The zero-order valence-corrected chi connectivity index (χ0v) is 10.2. The molecule has 0 radical (unpaired) electrons. The van der Waals surface area contributed by atoms with Gasteiger partial charge in [-0.3, -0.25) is 4.68 Å². The smallest absolute Gasteiger partial charge is 0.157 e. The number of nitrogens with one attached hydrogen (secondary N) is 1. The van der Waals surface area contributed by atoms with Crippen LogP contribution in [-0.4, -0.2) is 9.78 Å². The molecule has 0 fully saturated rings. The van der Waals surface area contributed by atoms with E-state index in [0.717, 1.165) is 5.69 Å². The minimum Gasteiger partial charge on any atom is -0.398 e. The summed E-state index contributed by atoms with van der Waals surface area (Å²) in [6.07, 6.45) is 0. The Hall–Kier alpha value is -1.69. The average molecular weight is 252 g/mol. The molecule has 1 aromatic carbocycles. The lowest BCUT2D eigenvalue weighted by Gasteiger charge is -2.08. The predicted molar refractivity (Wildman–Crippen MR) is 69.5 cm³/mol. The molecule has 2 aromatic rings. The summed E-state index contributed by atoms with van der Waals surface area (Å²) in [6.45, 7) is 2.19. The van der Waals surface area contributed by atoms with Crippen molar-refractivity contribution in [3.8, 4) is 0 Å². The second-order valence-corrected chi connectivity index (χ2v) is 3.97. The number of nitrogens with zero attached hydrogens (tertiary/aromatic N) is 2. The maximum atomic E-state index is 13.6. The number of aromatic nitrogens is 2. The monoisotopic (exact) mass is 252 g/mol. The Balaban J connectivity index is 2.34. The lowest BCUT2D eigenvalue weighted by Crippen LogP contribution is -2.08. The molecule has 3 N–H and O–H groups in total. The first-order chi connectivity index (χ1) is 8.11. The van der Waals surface area contributed by atoms with Gasteiger partial charge in [0, 0.05) is 23.0 Å². The zero-order chi connectivity index (χ0) is 12.4. The first-order valence-electron chi connectivity index (χ1n) is 5.09. The zero-order valence-electron chi connectivity index (χ0n) is 9.31. The number of thiol groups is 1. The van der Waals surface area contributed by atoms with E-state index in [4.69, 9.17) is 5.73 Å². The highest BCUT2D eigenvalue weighted by atomic mass is 32.1. The van der Waals surface area contributed by atoms with Gasteiger partial charge in [0.05, 0.1) is 6.54 Å². The quantitative estimate of drug-likeness (QED) is 0.580. The van der Waals surface area contributed by atoms with Crippen LogP contribution < -0.4 is 10.5 Å². The van der Waals surface area contributed by atoms with Crippen molar-refractivity contribution in [2.24, 2.45) is 0 Å². The lowest BCUT2D eigenvalue weighted by molar-refractivity contribution is 0.582. The van der Waals surface area contributed by atoms with Crippen LogP contribution in [0.4, 0.5) is 15.9 Å². The fraction of sp³-hybridized carbons (Fsp3) is 0.182. The Morgan fingerprint density at radius 1 is 1.53 bits per heavy atom. The number of halogens is 1. The van der Waals surface area contributed by atoms with Crippen molar-refractivity contribution in [2.45, 2.75) is 13.5 Å². The van der Waals surface area contributed by atoms with Gasteiger partial charge in [-0.2, -0.15) is 5.10 Å². The molecule has 90 valence electrons. The van der Waals surface area contributed by atoms with Gasteiger partial charge in [0.2, 0.25) is 0 Å². The third-order valence-corrected chi connectivity index (χ3v) is 2.79. The highest BCUT2D eigenvalue weighted by Gasteiger charge is 2.09. The molecule has 4 nitrogen and oxygen atoms in total. The molecule has 2 rings (SSSR count). The van der Waals surface area contributed by atoms with E-state index in [1.54, 1.807) is 16.8 Å². The lowest BCUT2D eigenvalue weighted by atomic mass is 10.1. The summed E-state index contributed by atoms with van der Waals surface area (Å²) in [5, 5.41) is 4.21. The molecule has 0 spiro atoms. The molecule has 0 bridgehead atoms. The second-order valence-electron chi connectivity index (χ2n) is 3.75. The van der Waals surface area contributed by atoms with Gasteiger partial charge in [0.1, 0.15) is 5.82 Å². The number of aryl methyl sites for hydroxylation is 1. The van der Waals surface area contributed by atoms with Crippen molar-refractivity contribution >= 4 is 24.3 Å². The van der Waals surface area contributed by atoms with E-state index in [1.807, 2.05) is 13.0 Å². The standard InChI is InChI=1S/C11H13FN4S/c1-7-5-11(15-17)14-16(7)6-8-9(12)3-2-4-10(8)13/h2-5,17H,6,13H2,1H3,(H,14,15). The SMILES string of the molecule is Cc1cc(NS)nn1Cc1c(N)cccc1F. The van der Waals surface area contributed by atoms with Gasteiger partial charge in [-0.1, -0.05) is 18.9 Å². The van der Waals surface area contributed by atoms with Crippen molar-refractivity contribution in [1.82, 2.24) is 9.78 Å². The molecule has 0 atom stereocenters. The molecule has 0 aliphatic heterocycles. The summed E-state index contributed by atoms with van der Waals surface area (Å²) in [7, 11) is 0. The molecule has 0 saturated heterocycles. The van der Waals surface area contributed by atoms with Crippen LogP contribution in [0.5, 0.6) is 0 Å². The Labute approximate surface area is 104 Å². The summed E-state index contributed by atoms with van der Waals surface area (Å²) in [4.78, 5) is 0. The van der Waals surface area contributed by atoms with Crippen LogP contribution in [0.15, 0.2) is 24.3 Å². The van der Waals surface area contributed by atoms with Crippen LogP contribution >= 0.6 is 12.8 Å². The molecule has 1 heterocycles. The van der Waals surface area contributed by atoms with Gasteiger partial charge >= 0.3 is 0 Å². The minimum absolute atomic E-state index is 0.305. The first-order valence-corrected chi connectivity index (χ1v) is 5.54. The maximum absolute atomic E-state index is 13.6. The number of rotatable bonds is 3. The van der Waals surface area contributed by atoms with Gasteiger partial charge in [-0.15, -0.1) is 0 Å². The number of benzene rings is 1. The number of hydrogen-bond acceptors (Lipinski definition) is 4. The molecule has 6 heteroatoms. The minimum atomic E-state index is -0.319. The normalized spacial score (nSPS) is 10.5. The van der Waals surface area contributed by atoms with Crippen LogP contribution in [-0.2, 0) is 6.54 Å². The summed E-state index contributed by atoms with van der Waals surface area (Å²) < 4.78 is 17.9. The van der Waals surface area contributed by atoms with Crippen LogP contribution in [0.2, 0.25) is 0 Å². The van der Waals surface area contributed by atoms with Gasteiger partial charge < -0.3 is 10.5 Å². The maximum Gasteiger partial charge on any atom is 0.157 e. The van der Waals surface area contributed by atoms with Crippen LogP contribution in [0, 0.1) is 12.7 Å². The number of anilines is 2. The van der Waals surface area contributed by atoms with Crippen molar-refractivity contribution in [3.63, 3.8) is 0 Å². The topological polar surface area (TPSA) is 55.9 Å². The fourth-order valence-corrected chi connectivity index (χ4v) is 1.73. The molecule has 1 aromatic heterocycles. The second kappa shape index (κ2) is 4.67. The van der Waals surface area contributed by atoms with Crippen LogP contribution in [0.25, 0.3) is 0 Å². The van der Waals surface area contributed by atoms with Crippen molar-refractivity contribution < 1.29 is 4.39 Å². The van der Waals surface area contributed by atoms with Crippen molar-refractivity contribution in [2.75, 3.05) is 10.5 Å². The third kappa shape index (κ3) is 2.36. The first kappa shape index (κ1) is 11.8. The molecule has 0 aliphatic carbocycles. The summed E-state index contributed by atoms with van der Waals surface area (Å²) >= 11 is 3.91. The van der Waals surface area contributed by atoms with E-state index in [9.17, 15) is 4.39 Å². The molecule has 0 aliphatic rings. The highest BCUT2D eigenvalue weighted by molar-refractivity contribution is 7.81.